The van der Waals surface area contributed by atoms with Gasteiger partial charge in [0.1, 0.15) is 6.07 Å². The number of rotatable bonds is 3. The van der Waals surface area contributed by atoms with E-state index in [4.69, 9.17) is 0 Å². The molecule has 0 bridgehead atoms. The standard InChI is InChI=1S/C29H28N2S/c30-19-26-24-14-17-32-29(24)27-23-9-5-4-8-22(23)10-11-25(27)28(26)31-15-12-21(13-16-31)18-20-6-2-1-3-7-20/h1-9,21H,10-18H2. The quantitative estimate of drug-likeness (QED) is 0.473. The molecule has 0 amide bonds. The number of benzene rings is 3. The summed E-state index contributed by atoms with van der Waals surface area (Å²) < 4.78 is 0. The molecule has 1 fully saturated rings. The van der Waals surface area contributed by atoms with Gasteiger partial charge in [-0.15, -0.1) is 11.8 Å². The molecule has 0 saturated carbocycles. The van der Waals surface area contributed by atoms with E-state index in [1.54, 1.807) is 0 Å². The predicted octanol–water partition coefficient (Wildman–Crippen LogP) is 6.43. The normalized spacial score (nSPS) is 17.4. The van der Waals surface area contributed by atoms with Crippen LogP contribution in [0.25, 0.3) is 11.1 Å². The third-order valence-corrected chi connectivity index (χ3v) is 8.71. The monoisotopic (exact) mass is 436 g/mol. The van der Waals surface area contributed by atoms with Crippen LogP contribution in [0.3, 0.4) is 0 Å². The maximum atomic E-state index is 10.3. The van der Waals surface area contributed by atoms with E-state index in [1.807, 2.05) is 11.8 Å². The Bertz CT molecular complexity index is 1200. The van der Waals surface area contributed by atoms with Crippen LogP contribution in [-0.4, -0.2) is 18.8 Å². The SMILES string of the molecule is N#Cc1c2c(c3c(c1N1CCC(Cc4ccccc4)CC1)CCc1ccccc1-3)SCC2. The highest BCUT2D eigenvalue weighted by Crippen LogP contribution is 2.51. The van der Waals surface area contributed by atoms with Gasteiger partial charge in [-0.25, -0.2) is 0 Å². The lowest BCUT2D eigenvalue weighted by atomic mass is 9.80. The van der Waals surface area contributed by atoms with Crippen molar-refractivity contribution in [2.45, 2.75) is 43.4 Å². The van der Waals surface area contributed by atoms with Gasteiger partial charge in [0, 0.05) is 29.3 Å². The second kappa shape index (κ2) is 8.34. The van der Waals surface area contributed by atoms with Crippen LogP contribution in [-0.2, 0) is 25.7 Å². The molecule has 1 aliphatic carbocycles. The highest BCUT2D eigenvalue weighted by Gasteiger charge is 2.33. The zero-order valence-electron chi connectivity index (χ0n) is 18.4. The number of nitrogens with zero attached hydrogens (tertiary/aromatic N) is 2. The zero-order valence-corrected chi connectivity index (χ0v) is 19.3. The fraction of sp³-hybridized carbons (Fsp3) is 0.345. The third-order valence-electron chi connectivity index (χ3n) is 7.57. The smallest absolute Gasteiger partial charge is 0.102 e. The van der Waals surface area contributed by atoms with Crippen molar-refractivity contribution >= 4 is 17.4 Å². The first-order chi connectivity index (χ1) is 15.8. The second-order valence-corrected chi connectivity index (χ2v) is 10.5. The van der Waals surface area contributed by atoms with Crippen LogP contribution in [0.1, 0.15) is 40.7 Å². The number of hydrogen-bond donors (Lipinski definition) is 0. The van der Waals surface area contributed by atoms with E-state index >= 15 is 0 Å². The Balaban J connectivity index is 1.37. The van der Waals surface area contributed by atoms with E-state index in [0.29, 0.717) is 0 Å². The molecular formula is C29H28N2S. The van der Waals surface area contributed by atoms with Crippen molar-refractivity contribution in [3.8, 4) is 17.2 Å². The molecule has 0 radical (unpaired) electrons. The van der Waals surface area contributed by atoms with Gasteiger partial charge in [-0.05, 0) is 72.3 Å². The molecule has 0 aromatic heterocycles. The van der Waals surface area contributed by atoms with Gasteiger partial charge in [-0.3, -0.25) is 0 Å². The van der Waals surface area contributed by atoms with Crippen LogP contribution in [0, 0.1) is 17.2 Å². The number of thioether (sulfide) groups is 1. The third kappa shape index (κ3) is 3.33. The van der Waals surface area contributed by atoms with Crippen LogP contribution in [0.15, 0.2) is 59.5 Å². The molecule has 0 atom stereocenters. The van der Waals surface area contributed by atoms with E-state index in [1.165, 1.54) is 63.2 Å². The molecule has 1 saturated heterocycles. The molecule has 0 spiro atoms. The van der Waals surface area contributed by atoms with Crippen molar-refractivity contribution in [2.24, 2.45) is 5.92 Å². The van der Waals surface area contributed by atoms with Gasteiger partial charge in [0.25, 0.3) is 0 Å². The van der Waals surface area contributed by atoms with Crippen molar-refractivity contribution in [3.05, 3.63) is 82.4 Å². The minimum Gasteiger partial charge on any atom is -0.370 e. The molecule has 32 heavy (non-hydrogen) atoms. The summed E-state index contributed by atoms with van der Waals surface area (Å²) in [6.45, 7) is 2.12. The molecule has 2 aliphatic heterocycles. The van der Waals surface area contributed by atoms with Gasteiger partial charge in [-0.1, -0.05) is 54.6 Å². The number of nitriles is 1. The molecule has 6 rings (SSSR count). The Morgan fingerprint density at radius 2 is 1.69 bits per heavy atom. The Labute approximate surface area is 195 Å². The van der Waals surface area contributed by atoms with E-state index in [0.717, 1.165) is 49.6 Å². The Kier molecular flexibility index (Phi) is 5.20. The van der Waals surface area contributed by atoms with Crippen LogP contribution >= 0.6 is 11.8 Å². The number of aryl methyl sites for hydroxylation is 1. The molecule has 0 unspecified atom stereocenters. The molecule has 160 valence electrons. The van der Waals surface area contributed by atoms with Gasteiger partial charge >= 0.3 is 0 Å². The summed E-state index contributed by atoms with van der Waals surface area (Å²) in [6.07, 6.45) is 6.74. The van der Waals surface area contributed by atoms with Crippen molar-refractivity contribution in [1.29, 1.82) is 5.26 Å². The Hall–Kier alpha value is -2.70. The Morgan fingerprint density at radius 3 is 2.50 bits per heavy atom. The van der Waals surface area contributed by atoms with E-state index in [-0.39, 0.29) is 0 Å². The highest BCUT2D eigenvalue weighted by atomic mass is 32.2. The van der Waals surface area contributed by atoms with Gasteiger partial charge in [0.15, 0.2) is 0 Å². The largest absolute Gasteiger partial charge is 0.370 e. The number of hydrogen-bond acceptors (Lipinski definition) is 3. The van der Waals surface area contributed by atoms with Gasteiger partial charge in [0.05, 0.1) is 11.3 Å². The zero-order chi connectivity index (χ0) is 21.5. The maximum absolute atomic E-state index is 10.3. The molecule has 2 nitrogen and oxygen atoms in total. The summed E-state index contributed by atoms with van der Waals surface area (Å²) >= 11 is 1.96. The number of fused-ring (bicyclic) bond motifs is 5. The van der Waals surface area contributed by atoms with Gasteiger partial charge in [0.2, 0.25) is 0 Å². The van der Waals surface area contributed by atoms with Crippen molar-refractivity contribution in [1.82, 2.24) is 0 Å². The minimum absolute atomic E-state index is 0.737. The maximum Gasteiger partial charge on any atom is 0.102 e. The summed E-state index contributed by atoms with van der Waals surface area (Å²) in [5.41, 5.74) is 10.8. The predicted molar refractivity (Wildman–Crippen MR) is 134 cm³/mol. The molecule has 3 aromatic carbocycles. The van der Waals surface area contributed by atoms with Crippen molar-refractivity contribution < 1.29 is 0 Å². The van der Waals surface area contributed by atoms with E-state index in [9.17, 15) is 5.26 Å². The minimum atomic E-state index is 0.737. The van der Waals surface area contributed by atoms with Crippen LogP contribution in [0.4, 0.5) is 5.69 Å². The fourth-order valence-corrected chi connectivity index (χ4v) is 7.28. The topological polar surface area (TPSA) is 27.0 Å². The lowest BCUT2D eigenvalue weighted by Gasteiger charge is -2.38. The average Bonchev–Trinajstić information content (AvgIpc) is 3.34. The summed E-state index contributed by atoms with van der Waals surface area (Å²) in [6, 6.07) is 22.5. The summed E-state index contributed by atoms with van der Waals surface area (Å²) in [5, 5.41) is 10.3. The lowest BCUT2D eigenvalue weighted by Crippen LogP contribution is -2.36. The van der Waals surface area contributed by atoms with E-state index < -0.39 is 0 Å². The first-order valence-electron chi connectivity index (χ1n) is 11.9. The van der Waals surface area contributed by atoms with Crippen molar-refractivity contribution in [3.63, 3.8) is 0 Å². The molecule has 3 heteroatoms. The lowest BCUT2D eigenvalue weighted by molar-refractivity contribution is 0.403. The molecule has 2 heterocycles. The molecule has 3 aliphatic rings. The molecule has 0 N–H and O–H groups in total. The first kappa shape index (κ1) is 19.9. The second-order valence-electron chi connectivity index (χ2n) is 9.37. The molecular weight excluding hydrogens is 408 g/mol. The van der Waals surface area contributed by atoms with Crippen molar-refractivity contribution in [2.75, 3.05) is 23.7 Å². The van der Waals surface area contributed by atoms with Crippen LogP contribution in [0.2, 0.25) is 0 Å². The number of anilines is 1. The summed E-state index contributed by atoms with van der Waals surface area (Å²) in [5.74, 6) is 1.84. The van der Waals surface area contributed by atoms with Gasteiger partial charge < -0.3 is 4.90 Å². The average molecular weight is 437 g/mol. The van der Waals surface area contributed by atoms with E-state index in [2.05, 4.69) is 65.6 Å². The molecule has 3 aromatic rings. The highest BCUT2D eigenvalue weighted by molar-refractivity contribution is 7.99. The summed E-state index contributed by atoms with van der Waals surface area (Å²) in [4.78, 5) is 3.96. The van der Waals surface area contributed by atoms with Crippen LogP contribution < -0.4 is 4.90 Å². The summed E-state index contributed by atoms with van der Waals surface area (Å²) in [7, 11) is 0. The fourth-order valence-electron chi connectivity index (χ4n) is 6.01. The van der Waals surface area contributed by atoms with Crippen LogP contribution in [0.5, 0.6) is 0 Å². The first-order valence-corrected chi connectivity index (χ1v) is 12.9. The Morgan fingerprint density at radius 1 is 0.906 bits per heavy atom. The number of piperidine rings is 1. The van der Waals surface area contributed by atoms with Gasteiger partial charge in [-0.2, -0.15) is 5.26 Å².